The highest BCUT2D eigenvalue weighted by Gasteiger charge is 2.20. The molecule has 0 atom stereocenters. The molecule has 0 aliphatic carbocycles. The Kier molecular flexibility index (Phi) is 7.23. The maximum absolute atomic E-state index is 6.66. The number of aromatic nitrogens is 1. The van der Waals surface area contributed by atoms with E-state index < -0.39 is 0 Å². The third-order valence-corrected chi connectivity index (χ3v) is 11.1. The van der Waals surface area contributed by atoms with Crippen LogP contribution in [0.25, 0.3) is 87.9 Å². The van der Waals surface area contributed by atoms with Gasteiger partial charge in [0.05, 0.1) is 0 Å². The van der Waals surface area contributed by atoms with Crippen LogP contribution >= 0.6 is 0 Å². The Balaban J connectivity index is 1.25. The Morgan fingerprint density at radius 1 is 0.373 bits per heavy atom. The highest BCUT2D eigenvalue weighted by molar-refractivity contribution is 6.15. The molecule has 3 nitrogen and oxygen atoms in total. The van der Waals surface area contributed by atoms with E-state index in [9.17, 15) is 0 Å². The fourth-order valence-corrected chi connectivity index (χ4v) is 7.88. The molecule has 254 valence electrons. The van der Waals surface area contributed by atoms with Crippen molar-refractivity contribution < 1.29 is 8.83 Å². The van der Waals surface area contributed by atoms with Gasteiger partial charge in [-0.25, -0.2) is 0 Å². The molecular weight excluding hydrogens is 623 g/mol. The van der Waals surface area contributed by atoms with Crippen LogP contribution in [0.2, 0.25) is 0 Å². The molecule has 0 unspecified atom stereocenters. The van der Waals surface area contributed by atoms with Crippen LogP contribution in [0.5, 0.6) is 0 Å². The van der Waals surface area contributed by atoms with Crippen LogP contribution in [0.1, 0.15) is 101 Å². The van der Waals surface area contributed by atoms with Gasteiger partial charge in [-0.3, -0.25) is 0 Å². The first-order valence-corrected chi connectivity index (χ1v) is 18.6. The fourth-order valence-electron chi connectivity index (χ4n) is 7.88. The molecular formula is C48H45NO2. The molecule has 0 saturated heterocycles. The molecule has 0 bridgehead atoms. The smallest absolute Gasteiger partial charge is 0.143 e. The van der Waals surface area contributed by atoms with E-state index in [0.717, 1.165) is 55.6 Å². The topological polar surface area (TPSA) is 42.1 Å². The normalized spacial score (nSPS) is 12.6. The second-order valence-electron chi connectivity index (χ2n) is 15.9. The van der Waals surface area contributed by atoms with E-state index in [1.165, 1.54) is 54.6 Å². The van der Waals surface area contributed by atoms with E-state index in [1.807, 2.05) is 0 Å². The predicted molar refractivity (Wildman–Crippen MR) is 218 cm³/mol. The first kappa shape index (κ1) is 31.7. The van der Waals surface area contributed by atoms with Crippen molar-refractivity contribution in [2.75, 3.05) is 0 Å². The monoisotopic (exact) mass is 667 g/mol. The molecule has 1 N–H and O–H groups in total. The average Bonchev–Trinajstić information content (AvgIpc) is 3.80. The maximum Gasteiger partial charge on any atom is 0.143 e. The van der Waals surface area contributed by atoms with E-state index in [-0.39, 0.29) is 0 Å². The Bertz CT molecular complexity index is 2620. The van der Waals surface area contributed by atoms with Gasteiger partial charge in [0.25, 0.3) is 0 Å². The molecule has 0 aliphatic heterocycles. The van der Waals surface area contributed by atoms with Gasteiger partial charge >= 0.3 is 0 Å². The van der Waals surface area contributed by atoms with Crippen molar-refractivity contribution in [3.8, 4) is 22.3 Å². The molecule has 0 radical (unpaired) electrons. The average molecular weight is 668 g/mol. The number of furan rings is 2. The van der Waals surface area contributed by atoms with E-state index in [0.29, 0.717) is 23.7 Å². The van der Waals surface area contributed by atoms with Gasteiger partial charge in [-0.2, -0.15) is 0 Å². The molecule has 0 saturated carbocycles. The number of hydrogen-bond acceptors (Lipinski definition) is 2. The number of benzene rings is 6. The highest BCUT2D eigenvalue weighted by Crippen LogP contribution is 2.43. The third kappa shape index (κ3) is 5.08. The first-order chi connectivity index (χ1) is 24.5. The van der Waals surface area contributed by atoms with Crippen molar-refractivity contribution in [1.82, 2.24) is 4.98 Å². The minimum absolute atomic E-state index is 0.388. The van der Waals surface area contributed by atoms with Crippen molar-refractivity contribution in [3.63, 3.8) is 0 Å². The molecule has 9 rings (SSSR count). The summed E-state index contributed by atoms with van der Waals surface area (Å²) in [7, 11) is 0. The minimum atomic E-state index is 0.388. The van der Waals surface area contributed by atoms with Crippen LogP contribution in [0.15, 0.2) is 106 Å². The van der Waals surface area contributed by atoms with Gasteiger partial charge in [0, 0.05) is 54.5 Å². The lowest BCUT2D eigenvalue weighted by Gasteiger charge is -2.11. The lowest BCUT2D eigenvalue weighted by molar-refractivity contribution is 0.669. The van der Waals surface area contributed by atoms with Crippen molar-refractivity contribution >= 4 is 65.7 Å². The lowest BCUT2D eigenvalue weighted by atomic mass is 9.92. The predicted octanol–water partition coefficient (Wildman–Crippen LogP) is 14.9. The Morgan fingerprint density at radius 3 is 1.16 bits per heavy atom. The number of rotatable bonds is 6. The second-order valence-corrected chi connectivity index (χ2v) is 15.9. The van der Waals surface area contributed by atoms with Crippen LogP contribution in [-0.2, 0) is 0 Å². The number of fused-ring (bicyclic) bond motifs is 9. The molecule has 6 aromatic carbocycles. The van der Waals surface area contributed by atoms with Crippen molar-refractivity contribution in [2.24, 2.45) is 0 Å². The summed E-state index contributed by atoms with van der Waals surface area (Å²) >= 11 is 0. The summed E-state index contributed by atoms with van der Waals surface area (Å²) < 4.78 is 13.3. The standard InChI is InChI=1S/C48H45NO2/c1-25(2)29-11-15-45-39(17-29)41-23-33(27(5)6)21-35(47(41)50-45)31-9-13-43-37(19-31)38-20-32(10-14-44(38)49-43)36-22-34(28(7)8)24-42-40-18-30(26(3)4)12-16-46(40)51-48(36)42/h9-28,49H,1-8H3. The molecule has 0 amide bonds. The number of hydrogen-bond donors (Lipinski definition) is 1. The van der Waals surface area contributed by atoms with E-state index >= 15 is 0 Å². The SMILES string of the molecule is CC(C)c1ccc2oc3c(-c4ccc5[nH]c6ccc(-c7cc(C(C)C)cc8c7oc7ccc(C(C)C)cc78)cc6c5c4)cc(C(C)C)cc3c2c1. The second kappa shape index (κ2) is 11.6. The number of H-pyrrole nitrogens is 1. The van der Waals surface area contributed by atoms with Gasteiger partial charge in [-0.1, -0.05) is 79.7 Å². The number of aromatic amines is 1. The van der Waals surface area contributed by atoms with Gasteiger partial charge in [0.2, 0.25) is 0 Å². The summed E-state index contributed by atoms with van der Waals surface area (Å²) in [6.45, 7) is 18.1. The molecule has 0 spiro atoms. The molecule has 51 heavy (non-hydrogen) atoms. The Hall–Kier alpha value is -5.28. The summed E-state index contributed by atoms with van der Waals surface area (Å²) in [5, 5.41) is 7.17. The van der Waals surface area contributed by atoms with Crippen LogP contribution in [-0.4, -0.2) is 4.98 Å². The quantitative estimate of drug-likeness (QED) is 0.192. The molecule has 3 heteroatoms. The molecule has 3 heterocycles. The Labute approximate surface area is 299 Å². The van der Waals surface area contributed by atoms with Gasteiger partial charge in [0.15, 0.2) is 0 Å². The van der Waals surface area contributed by atoms with E-state index in [4.69, 9.17) is 8.83 Å². The van der Waals surface area contributed by atoms with E-state index in [1.54, 1.807) is 0 Å². The van der Waals surface area contributed by atoms with Gasteiger partial charge in [0.1, 0.15) is 22.3 Å². The van der Waals surface area contributed by atoms with Gasteiger partial charge < -0.3 is 13.8 Å². The summed E-state index contributed by atoms with van der Waals surface area (Å²) in [5.41, 5.74) is 15.9. The summed E-state index contributed by atoms with van der Waals surface area (Å²) in [6.07, 6.45) is 0. The highest BCUT2D eigenvalue weighted by atomic mass is 16.3. The minimum Gasteiger partial charge on any atom is -0.455 e. The van der Waals surface area contributed by atoms with Crippen LogP contribution < -0.4 is 0 Å². The summed E-state index contributed by atoms with van der Waals surface area (Å²) in [6, 6.07) is 36.3. The fraction of sp³-hybridized carbons (Fsp3) is 0.250. The van der Waals surface area contributed by atoms with Gasteiger partial charge in [-0.15, -0.1) is 0 Å². The first-order valence-electron chi connectivity index (χ1n) is 18.6. The van der Waals surface area contributed by atoms with E-state index in [2.05, 4.69) is 157 Å². The molecule has 0 aliphatic rings. The van der Waals surface area contributed by atoms with Crippen LogP contribution in [0.4, 0.5) is 0 Å². The third-order valence-electron chi connectivity index (χ3n) is 11.1. The summed E-state index contributed by atoms with van der Waals surface area (Å²) in [4.78, 5) is 3.70. The number of nitrogens with one attached hydrogen (secondary N) is 1. The largest absolute Gasteiger partial charge is 0.455 e. The van der Waals surface area contributed by atoms with Gasteiger partial charge in [-0.05, 0) is 130 Å². The Morgan fingerprint density at radius 2 is 0.765 bits per heavy atom. The van der Waals surface area contributed by atoms with Crippen molar-refractivity contribution in [2.45, 2.75) is 79.1 Å². The zero-order valence-corrected chi connectivity index (χ0v) is 30.9. The van der Waals surface area contributed by atoms with Crippen LogP contribution in [0, 0.1) is 0 Å². The zero-order chi connectivity index (χ0) is 35.3. The summed E-state index contributed by atoms with van der Waals surface area (Å²) in [5.74, 6) is 1.68. The van der Waals surface area contributed by atoms with Crippen molar-refractivity contribution in [3.05, 3.63) is 119 Å². The van der Waals surface area contributed by atoms with Crippen molar-refractivity contribution in [1.29, 1.82) is 0 Å². The van der Waals surface area contributed by atoms with Crippen LogP contribution in [0.3, 0.4) is 0 Å². The lowest BCUT2D eigenvalue weighted by Crippen LogP contribution is -1.90. The molecule has 9 aromatic rings. The molecule has 0 fully saturated rings. The zero-order valence-electron chi connectivity index (χ0n) is 30.9. The molecule has 3 aromatic heterocycles. The maximum atomic E-state index is 6.66.